The van der Waals surface area contributed by atoms with Crippen molar-refractivity contribution in [3.05, 3.63) is 28.5 Å². The molecule has 24 heavy (non-hydrogen) atoms. The largest absolute Gasteiger partial charge is 0.478 e. The van der Waals surface area contributed by atoms with E-state index < -0.39 is 32.3 Å². The summed E-state index contributed by atoms with van der Waals surface area (Å²) in [5, 5.41) is 8.72. The summed E-state index contributed by atoms with van der Waals surface area (Å²) in [5.74, 6) is -2.50. The number of rotatable bonds is 6. The summed E-state index contributed by atoms with van der Waals surface area (Å²) in [5.41, 5.74) is -0.457. The minimum atomic E-state index is -4.20. The van der Waals surface area contributed by atoms with Crippen LogP contribution in [0.1, 0.15) is 36.5 Å². The Kier molecular flexibility index (Phi) is 6.19. The molecule has 1 fully saturated rings. The lowest BCUT2D eigenvalue weighted by Gasteiger charge is -2.28. The predicted molar refractivity (Wildman–Crippen MR) is 86.4 cm³/mol. The molecule has 1 aliphatic heterocycles. The summed E-state index contributed by atoms with van der Waals surface area (Å²) in [4.78, 5) is 10.4. The number of likely N-dealkylation sites (N-methyl/N-ethyl adjacent to an activating group) is 1. The number of sulfonamides is 1. The van der Waals surface area contributed by atoms with E-state index in [1.807, 2.05) is 0 Å². The lowest BCUT2D eigenvalue weighted by molar-refractivity contribution is 0.00667. The van der Waals surface area contributed by atoms with Crippen molar-refractivity contribution in [3.8, 4) is 0 Å². The summed E-state index contributed by atoms with van der Waals surface area (Å²) in [6.07, 6.45) is 2.36. The topological polar surface area (TPSA) is 83.9 Å². The third-order valence-electron chi connectivity index (χ3n) is 3.90. The fourth-order valence-electron chi connectivity index (χ4n) is 2.61. The van der Waals surface area contributed by atoms with E-state index in [-0.39, 0.29) is 24.2 Å². The number of nitrogens with zero attached hydrogens (tertiary/aromatic N) is 1. The second-order valence-electron chi connectivity index (χ2n) is 5.51. The minimum Gasteiger partial charge on any atom is -0.478 e. The van der Waals surface area contributed by atoms with Gasteiger partial charge in [0, 0.05) is 19.7 Å². The molecule has 0 aromatic heterocycles. The monoisotopic (exact) mass is 379 g/mol. The summed E-state index contributed by atoms with van der Waals surface area (Å²) in [7, 11) is -4.20. The van der Waals surface area contributed by atoms with E-state index in [4.69, 9.17) is 21.4 Å². The molecule has 0 aliphatic carbocycles. The van der Waals surface area contributed by atoms with E-state index in [1.165, 1.54) is 0 Å². The summed E-state index contributed by atoms with van der Waals surface area (Å²) in [6, 6.07) is 1.47. The van der Waals surface area contributed by atoms with Gasteiger partial charge < -0.3 is 9.84 Å². The number of carbonyl (C=O) groups is 1. The van der Waals surface area contributed by atoms with Gasteiger partial charge >= 0.3 is 5.97 Å². The van der Waals surface area contributed by atoms with E-state index in [0.29, 0.717) is 12.7 Å². The Labute approximate surface area is 145 Å². The maximum absolute atomic E-state index is 14.2. The second-order valence-corrected chi connectivity index (χ2v) is 7.83. The Hall–Kier alpha value is -1.22. The average Bonchev–Trinajstić information content (AvgIpc) is 2.52. The molecule has 2 rings (SSSR count). The first-order valence-electron chi connectivity index (χ1n) is 7.61. The Morgan fingerprint density at radius 2 is 2.17 bits per heavy atom. The molecule has 0 amide bonds. The van der Waals surface area contributed by atoms with Crippen LogP contribution in [0.3, 0.4) is 0 Å². The van der Waals surface area contributed by atoms with E-state index in [2.05, 4.69) is 0 Å². The van der Waals surface area contributed by atoms with Crippen LogP contribution in [0.5, 0.6) is 0 Å². The van der Waals surface area contributed by atoms with Crippen LogP contribution >= 0.6 is 11.6 Å². The van der Waals surface area contributed by atoms with Crippen LogP contribution < -0.4 is 0 Å². The fraction of sp³-hybridized carbons (Fsp3) is 0.533. The third-order valence-corrected chi connectivity index (χ3v) is 6.17. The molecule has 0 spiro atoms. The van der Waals surface area contributed by atoms with Crippen molar-refractivity contribution in [1.82, 2.24) is 4.31 Å². The van der Waals surface area contributed by atoms with E-state index in [1.54, 1.807) is 6.92 Å². The molecule has 1 saturated heterocycles. The van der Waals surface area contributed by atoms with Crippen molar-refractivity contribution < 1.29 is 27.4 Å². The number of carboxylic acids is 1. The van der Waals surface area contributed by atoms with Crippen LogP contribution in [0, 0.1) is 5.82 Å². The van der Waals surface area contributed by atoms with Crippen molar-refractivity contribution in [2.45, 2.75) is 37.2 Å². The van der Waals surface area contributed by atoms with Crippen LogP contribution in [0.25, 0.3) is 0 Å². The van der Waals surface area contributed by atoms with Gasteiger partial charge in [-0.1, -0.05) is 18.5 Å². The first kappa shape index (κ1) is 19.1. The Bertz CT molecular complexity index is 719. The molecule has 1 heterocycles. The molecule has 0 radical (unpaired) electrons. The molecule has 6 nitrogen and oxygen atoms in total. The van der Waals surface area contributed by atoms with Gasteiger partial charge in [0.2, 0.25) is 10.0 Å². The van der Waals surface area contributed by atoms with Crippen LogP contribution in [0.4, 0.5) is 4.39 Å². The smallest absolute Gasteiger partial charge is 0.337 e. The molecule has 0 bridgehead atoms. The van der Waals surface area contributed by atoms with Crippen LogP contribution in [0.15, 0.2) is 17.0 Å². The Balaban J connectivity index is 2.36. The van der Waals surface area contributed by atoms with Crippen LogP contribution in [0.2, 0.25) is 5.02 Å². The van der Waals surface area contributed by atoms with Crippen molar-refractivity contribution >= 4 is 27.6 Å². The molecule has 1 aromatic rings. The number of carboxylic acid groups (broad SMARTS) is 1. The molecule has 134 valence electrons. The van der Waals surface area contributed by atoms with Gasteiger partial charge in [-0.2, -0.15) is 4.31 Å². The zero-order valence-electron chi connectivity index (χ0n) is 13.2. The van der Waals surface area contributed by atoms with Crippen LogP contribution in [-0.2, 0) is 14.8 Å². The van der Waals surface area contributed by atoms with Gasteiger partial charge in [-0.15, -0.1) is 0 Å². The lowest BCUT2D eigenvalue weighted by Crippen LogP contribution is -2.40. The third kappa shape index (κ3) is 4.05. The van der Waals surface area contributed by atoms with Gasteiger partial charge in [-0.3, -0.25) is 0 Å². The second kappa shape index (κ2) is 7.77. The first-order valence-corrected chi connectivity index (χ1v) is 9.43. The van der Waals surface area contributed by atoms with Crippen molar-refractivity contribution in [1.29, 1.82) is 0 Å². The van der Waals surface area contributed by atoms with Gasteiger partial charge in [0.1, 0.15) is 10.7 Å². The molecule has 1 unspecified atom stereocenters. The van der Waals surface area contributed by atoms with Gasteiger partial charge in [0.25, 0.3) is 0 Å². The molecule has 0 saturated carbocycles. The molecule has 1 aliphatic rings. The number of aromatic carboxylic acids is 1. The van der Waals surface area contributed by atoms with Crippen molar-refractivity contribution in [2.24, 2.45) is 0 Å². The highest BCUT2D eigenvalue weighted by Gasteiger charge is 2.31. The molecule has 1 N–H and O–H groups in total. The van der Waals surface area contributed by atoms with Crippen molar-refractivity contribution in [3.63, 3.8) is 0 Å². The zero-order chi connectivity index (χ0) is 17.9. The molecule has 1 atom stereocenters. The molecule has 9 heteroatoms. The highest BCUT2D eigenvalue weighted by Crippen LogP contribution is 2.27. The number of halogens is 2. The molecular weight excluding hydrogens is 361 g/mol. The SMILES string of the molecule is CCN(CC1CCCCO1)S(=O)(=O)c1cc(C(=O)O)c(Cl)cc1F. The maximum Gasteiger partial charge on any atom is 0.337 e. The first-order chi connectivity index (χ1) is 11.3. The van der Waals surface area contributed by atoms with Gasteiger partial charge in [0.05, 0.1) is 16.7 Å². The molecular formula is C15H19ClFNO5S. The number of hydrogen-bond donors (Lipinski definition) is 1. The minimum absolute atomic E-state index is 0.101. The zero-order valence-corrected chi connectivity index (χ0v) is 14.7. The highest BCUT2D eigenvalue weighted by molar-refractivity contribution is 7.89. The maximum atomic E-state index is 14.2. The van der Waals surface area contributed by atoms with Gasteiger partial charge in [0.15, 0.2) is 0 Å². The average molecular weight is 380 g/mol. The molecule has 1 aromatic carbocycles. The standard InChI is InChI=1S/C15H19ClFNO5S/c1-2-18(9-10-5-3-4-6-23-10)24(21,22)14-7-11(15(19)20)12(16)8-13(14)17/h7-8,10H,2-6,9H2,1H3,(H,19,20). The quantitative estimate of drug-likeness (QED) is 0.821. The summed E-state index contributed by atoms with van der Waals surface area (Å²) >= 11 is 5.67. The highest BCUT2D eigenvalue weighted by atomic mass is 35.5. The van der Waals surface area contributed by atoms with E-state index in [0.717, 1.165) is 29.6 Å². The van der Waals surface area contributed by atoms with Gasteiger partial charge in [-0.05, 0) is 31.4 Å². The van der Waals surface area contributed by atoms with Crippen LogP contribution in [-0.4, -0.2) is 49.6 Å². The summed E-state index contributed by atoms with van der Waals surface area (Å²) < 4.78 is 46.3. The van der Waals surface area contributed by atoms with Gasteiger partial charge in [-0.25, -0.2) is 17.6 Å². The van der Waals surface area contributed by atoms with Crippen molar-refractivity contribution in [2.75, 3.05) is 19.7 Å². The Morgan fingerprint density at radius 3 is 2.71 bits per heavy atom. The van der Waals surface area contributed by atoms with E-state index >= 15 is 0 Å². The normalized spacial score (nSPS) is 18.8. The summed E-state index contributed by atoms with van der Waals surface area (Å²) in [6.45, 7) is 2.42. The predicted octanol–water partition coefficient (Wildman–Crippen LogP) is 2.76. The number of benzene rings is 1. The number of ether oxygens (including phenoxy) is 1. The number of hydrogen-bond acceptors (Lipinski definition) is 4. The fourth-order valence-corrected chi connectivity index (χ4v) is 4.39. The lowest BCUT2D eigenvalue weighted by atomic mass is 10.1. The van der Waals surface area contributed by atoms with E-state index in [9.17, 15) is 17.6 Å². The Morgan fingerprint density at radius 1 is 1.46 bits per heavy atom.